The molecule has 1 saturated heterocycles. The zero-order valence-corrected chi connectivity index (χ0v) is 17.8. The minimum absolute atomic E-state index is 0.182. The van der Waals surface area contributed by atoms with Crippen LogP contribution in [0.25, 0.3) is 0 Å². The molecular weight excluding hydrogens is 388 g/mol. The standard InChI is InChI=1S/C26H26N2O3/c1-19-15-20(2)17-23(16-19)31-14-13-28-24(29)26(27-25(28)30,22-11-7-4-8-12-22)18-21-9-5-3-6-10-21/h3-12,15-17H,13-14,18H2,1-2H3,(H,27,30). The highest BCUT2D eigenvalue weighted by Crippen LogP contribution is 2.33. The van der Waals surface area contributed by atoms with Gasteiger partial charge in [-0.25, -0.2) is 4.79 Å². The summed E-state index contributed by atoms with van der Waals surface area (Å²) in [4.78, 5) is 27.7. The quantitative estimate of drug-likeness (QED) is 0.584. The number of nitrogens with zero attached hydrogens (tertiary/aromatic N) is 1. The molecule has 0 aliphatic carbocycles. The van der Waals surface area contributed by atoms with Crippen LogP contribution in [0.5, 0.6) is 5.75 Å². The van der Waals surface area contributed by atoms with Crippen LogP contribution in [0, 0.1) is 13.8 Å². The van der Waals surface area contributed by atoms with E-state index in [9.17, 15) is 9.59 Å². The number of imide groups is 1. The van der Waals surface area contributed by atoms with E-state index >= 15 is 0 Å². The molecule has 1 aliphatic heterocycles. The molecule has 0 bridgehead atoms. The van der Waals surface area contributed by atoms with Crippen molar-refractivity contribution < 1.29 is 14.3 Å². The second kappa shape index (κ2) is 8.64. The molecule has 158 valence electrons. The number of urea groups is 1. The van der Waals surface area contributed by atoms with Gasteiger partial charge in [0.1, 0.15) is 12.4 Å². The molecule has 5 nitrogen and oxygen atoms in total. The first kappa shape index (κ1) is 20.7. The average Bonchev–Trinajstić information content (AvgIpc) is 2.99. The number of hydrogen-bond acceptors (Lipinski definition) is 3. The molecule has 3 aromatic carbocycles. The third kappa shape index (κ3) is 4.31. The number of hydrogen-bond donors (Lipinski definition) is 1. The lowest BCUT2D eigenvalue weighted by Crippen LogP contribution is -2.46. The number of benzene rings is 3. The van der Waals surface area contributed by atoms with Crippen molar-refractivity contribution in [1.29, 1.82) is 0 Å². The van der Waals surface area contributed by atoms with Crippen LogP contribution in [0.3, 0.4) is 0 Å². The molecule has 1 unspecified atom stereocenters. The Morgan fingerprint density at radius 2 is 1.48 bits per heavy atom. The molecule has 0 aromatic heterocycles. The van der Waals surface area contributed by atoms with E-state index in [1.165, 1.54) is 4.90 Å². The van der Waals surface area contributed by atoms with Crippen molar-refractivity contribution in [2.24, 2.45) is 0 Å². The topological polar surface area (TPSA) is 58.6 Å². The van der Waals surface area contributed by atoms with E-state index < -0.39 is 11.6 Å². The third-order valence-electron chi connectivity index (χ3n) is 5.53. The summed E-state index contributed by atoms with van der Waals surface area (Å²) < 4.78 is 5.84. The lowest BCUT2D eigenvalue weighted by molar-refractivity contribution is -0.131. The van der Waals surface area contributed by atoms with E-state index in [-0.39, 0.29) is 19.1 Å². The molecule has 5 heteroatoms. The molecule has 3 aromatic rings. The summed E-state index contributed by atoms with van der Waals surface area (Å²) in [5.41, 5.74) is 2.84. The molecule has 1 N–H and O–H groups in total. The first-order valence-corrected chi connectivity index (χ1v) is 10.4. The number of carbonyl (C=O) groups is 2. The first-order chi connectivity index (χ1) is 15.0. The molecule has 0 spiro atoms. The first-order valence-electron chi connectivity index (χ1n) is 10.4. The van der Waals surface area contributed by atoms with Gasteiger partial charge >= 0.3 is 6.03 Å². The molecular formula is C26H26N2O3. The molecule has 1 fully saturated rings. The Morgan fingerprint density at radius 3 is 2.13 bits per heavy atom. The highest BCUT2D eigenvalue weighted by atomic mass is 16.5. The zero-order valence-electron chi connectivity index (χ0n) is 17.8. The summed E-state index contributed by atoms with van der Waals surface area (Å²) in [6.07, 6.45) is 0.386. The maximum absolute atomic E-state index is 13.6. The van der Waals surface area contributed by atoms with E-state index in [0.29, 0.717) is 6.42 Å². The normalized spacial score (nSPS) is 18.2. The van der Waals surface area contributed by atoms with Gasteiger partial charge in [0, 0.05) is 6.42 Å². The van der Waals surface area contributed by atoms with Crippen molar-refractivity contribution in [3.63, 3.8) is 0 Å². The minimum atomic E-state index is -1.13. The second-order valence-corrected chi connectivity index (χ2v) is 7.99. The van der Waals surface area contributed by atoms with Crippen LogP contribution in [0.4, 0.5) is 4.79 Å². The summed E-state index contributed by atoms with van der Waals surface area (Å²) in [6, 6.07) is 24.7. The summed E-state index contributed by atoms with van der Waals surface area (Å²) in [7, 11) is 0. The van der Waals surface area contributed by atoms with Gasteiger partial charge in [-0.05, 0) is 48.2 Å². The molecule has 0 radical (unpaired) electrons. The number of ether oxygens (including phenoxy) is 1. The Bertz CT molecular complexity index is 1060. The number of amides is 3. The summed E-state index contributed by atoms with van der Waals surface area (Å²) in [6.45, 7) is 4.43. The van der Waals surface area contributed by atoms with Crippen molar-refractivity contribution in [3.8, 4) is 5.75 Å². The van der Waals surface area contributed by atoms with Crippen LogP contribution in [0.15, 0.2) is 78.9 Å². The van der Waals surface area contributed by atoms with Crippen molar-refractivity contribution in [2.45, 2.75) is 25.8 Å². The van der Waals surface area contributed by atoms with Gasteiger partial charge in [0.25, 0.3) is 5.91 Å². The Kier molecular flexibility index (Phi) is 5.76. The van der Waals surface area contributed by atoms with Gasteiger partial charge < -0.3 is 10.1 Å². The van der Waals surface area contributed by atoms with Crippen LogP contribution < -0.4 is 10.1 Å². The zero-order chi connectivity index (χ0) is 21.8. The van der Waals surface area contributed by atoms with Gasteiger partial charge in [0.15, 0.2) is 5.54 Å². The van der Waals surface area contributed by atoms with Gasteiger partial charge in [-0.2, -0.15) is 0 Å². The molecule has 31 heavy (non-hydrogen) atoms. The number of rotatable bonds is 7. The predicted molar refractivity (Wildman–Crippen MR) is 120 cm³/mol. The van der Waals surface area contributed by atoms with Gasteiger partial charge in [0.05, 0.1) is 6.54 Å². The van der Waals surface area contributed by atoms with E-state index in [1.54, 1.807) is 0 Å². The van der Waals surface area contributed by atoms with Gasteiger partial charge in [0.2, 0.25) is 0 Å². The molecule has 1 aliphatic rings. The molecule has 1 heterocycles. The van der Waals surface area contributed by atoms with Crippen LogP contribution >= 0.6 is 0 Å². The van der Waals surface area contributed by atoms with Crippen molar-refractivity contribution in [2.75, 3.05) is 13.2 Å². The summed E-state index contributed by atoms with van der Waals surface area (Å²) in [5.74, 6) is 0.486. The van der Waals surface area contributed by atoms with Crippen LogP contribution in [0.1, 0.15) is 22.3 Å². The van der Waals surface area contributed by atoms with Gasteiger partial charge in [-0.1, -0.05) is 66.7 Å². The van der Waals surface area contributed by atoms with E-state index in [4.69, 9.17) is 4.74 Å². The van der Waals surface area contributed by atoms with Crippen molar-refractivity contribution in [1.82, 2.24) is 10.2 Å². The largest absolute Gasteiger partial charge is 0.492 e. The molecule has 0 saturated carbocycles. The van der Waals surface area contributed by atoms with E-state index in [0.717, 1.165) is 28.0 Å². The van der Waals surface area contributed by atoms with Gasteiger partial charge in [-0.3, -0.25) is 9.69 Å². The smallest absolute Gasteiger partial charge is 0.325 e. The highest BCUT2D eigenvalue weighted by molar-refractivity contribution is 6.07. The summed E-state index contributed by atoms with van der Waals surface area (Å²) >= 11 is 0. The van der Waals surface area contributed by atoms with Crippen molar-refractivity contribution in [3.05, 3.63) is 101 Å². The Hall–Kier alpha value is -3.60. The maximum atomic E-state index is 13.6. The third-order valence-corrected chi connectivity index (χ3v) is 5.53. The number of aryl methyl sites for hydroxylation is 2. The Balaban J connectivity index is 1.55. The lowest BCUT2D eigenvalue weighted by atomic mass is 9.83. The fourth-order valence-electron chi connectivity index (χ4n) is 4.14. The minimum Gasteiger partial charge on any atom is -0.492 e. The molecule has 3 amide bonds. The fraction of sp³-hybridized carbons (Fsp3) is 0.231. The maximum Gasteiger partial charge on any atom is 0.325 e. The highest BCUT2D eigenvalue weighted by Gasteiger charge is 2.52. The van der Waals surface area contributed by atoms with E-state index in [1.807, 2.05) is 86.6 Å². The fourth-order valence-corrected chi connectivity index (χ4v) is 4.14. The SMILES string of the molecule is Cc1cc(C)cc(OCCN2C(=O)NC(Cc3ccccc3)(c3ccccc3)C2=O)c1. The predicted octanol–water partition coefficient (Wildman–Crippen LogP) is 4.37. The monoisotopic (exact) mass is 414 g/mol. The average molecular weight is 415 g/mol. The van der Waals surface area contributed by atoms with Gasteiger partial charge in [-0.15, -0.1) is 0 Å². The van der Waals surface area contributed by atoms with Crippen LogP contribution in [-0.4, -0.2) is 30.0 Å². The van der Waals surface area contributed by atoms with Crippen LogP contribution in [-0.2, 0) is 16.8 Å². The molecule has 1 atom stereocenters. The lowest BCUT2D eigenvalue weighted by Gasteiger charge is -2.27. The second-order valence-electron chi connectivity index (χ2n) is 7.99. The Morgan fingerprint density at radius 1 is 0.871 bits per heavy atom. The number of nitrogens with one attached hydrogen (secondary N) is 1. The van der Waals surface area contributed by atoms with Crippen LogP contribution in [0.2, 0.25) is 0 Å². The summed E-state index contributed by atoms with van der Waals surface area (Å²) in [5, 5.41) is 2.98. The number of carbonyl (C=O) groups excluding carboxylic acids is 2. The van der Waals surface area contributed by atoms with E-state index in [2.05, 4.69) is 11.4 Å². The molecule has 4 rings (SSSR count). The van der Waals surface area contributed by atoms with Crippen molar-refractivity contribution >= 4 is 11.9 Å². The Labute approximate surface area is 182 Å².